The van der Waals surface area contributed by atoms with Gasteiger partial charge in [0.2, 0.25) is 6.34 Å². The Labute approximate surface area is 113 Å². The van der Waals surface area contributed by atoms with Gasteiger partial charge in [-0.15, -0.1) is 0 Å². The Bertz CT molecular complexity index is 291. The molecule has 0 radical (unpaired) electrons. The van der Waals surface area contributed by atoms with E-state index in [1.54, 1.807) is 0 Å². The SMILES string of the molecule is CC(C)C[C@@H](CO)N1C=[N+]([C@@H](C)C(C)(C)C)CC1. The van der Waals surface area contributed by atoms with Gasteiger partial charge in [0.15, 0.2) is 0 Å². The van der Waals surface area contributed by atoms with Crippen LogP contribution < -0.4 is 0 Å². The van der Waals surface area contributed by atoms with E-state index in [-0.39, 0.29) is 12.6 Å². The zero-order valence-corrected chi connectivity index (χ0v) is 13.0. The third kappa shape index (κ3) is 3.98. The molecule has 0 spiro atoms. The lowest BCUT2D eigenvalue weighted by molar-refractivity contribution is -0.565. The van der Waals surface area contributed by atoms with Gasteiger partial charge in [0.25, 0.3) is 0 Å². The van der Waals surface area contributed by atoms with Gasteiger partial charge in [-0.3, -0.25) is 9.48 Å². The van der Waals surface area contributed by atoms with Gasteiger partial charge in [-0.05, 0) is 19.3 Å². The summed E-state index contributed by atoms with van der Waals surface area (Å²) in [5, 5.41) is 9.54. The molecule has 1 N–H and O–H groups in total. The van der Waals surface area contributed by atoms with Gasteiger partial charge in [-0.2, -0.15) is 0 Å². The van der Waals surface area contributed by atoms with Crippen LogP contribution in [0.5, 0.6) is 0 Å². The molecule has 106 valence electrons. The van der Waals surface area contributed by atoms with Gasteiger partial charge in [-0.25, -0.2) is 0 Å². The number of nitrogens with zero attached hydrogens (tertiary/aromatic N) is 2. The molecule has 1 aliphatic heterocycles. The normalized spacial score (nSPS) is 20.2. The second kappa shape index (κ2) is 6.05. The number of aliphatic hydroxyl groups excluding tert-OH is 1. The van der Waals surface area contributed by atoms with E-state index in [0.717, 1.165) is 19.5 Å². The molecule has 0 fully saturated rings. The maximum Gasteiger partial charge on any atom is 0.234 e. The van der Waals surface area contributed by atoms with Gasteiger partial charge in [-0.1, -0.05) is 34.6 Å². The summed E-state index contributed by atoms with van der Waals surface area (Å²) in [4.78, 5) is 2.32. The van der Waals surface area contributed by atoms with E-state index in [2.05, 4.69) is 57.4 Å². The highest BCUT2D eigenvalue weighted by Crippen LogP contribution is 2.23. The summed E-state index contributed by atoms with van der Waals surface area (Å²) in [6, 6.07) is 0.808. The minimum Gasteiger partial charge on any atom is -0.392 e. The lowest BCUT2D eigenvalue weighted by Gasteiger charge is -2.26. The van der Waals surface area contributed by atoms with Crippen LogP contribution in [0.2, 0.25) is 0 Å². The highest BCUT2D eigenvalue weighted by Gasteiger charge is 2.33. The van der Waals surface area contributed by atoms with Crippen molar-refractivity contribution in [1.29, 1.82) is 0 Å². The number of rotatable bonds is 5. The average Bonchev–Trinajstić information content (AvgIpc) is 2.72. The first-order chi connectivity index (χ1) is 8.25. The standard InChI is InChI=1S/C15H31N2O/c1-12(2)9-14(10-18)17-8-7-16(11-17)13(3)15(4,5)6/h11-14,18H,7-10H2,1-6H3/q+1/t13-,14-/m0/s1. The molecule has 3 nitrogen and oxygen atoms in total. The molecule has 0 saturated heterocycles. The van der Waals surface area contributed by atoms with Crippen molar-refractivity contribution in [3.05, 3.63) is 0 Å². The van der Waals surface area contributed by atoms with Crippen molar-refractivity contribution in [1.82, 2.24) is 4.90 Å². The molecule has 2 atom stereocenters. The Hall–Kier alpha value is -0.570. The van der Waals surface area contributed by atoms with E-state index in [4.69, 9.17) is 0 Å². The summed E-state index contributed by atoms with van der Waals surface area (Å²) in [5.41, 5.74) is 0.291. The van der Waals surface area contributed by atoms with Crippen molar-refractivity contribution in [3.8, 4) is 0 Å². The van der Waals surface area contributed by atoms with Crippen molar-refractivity contribution < 1.29 is 9.68 Å². The Kier molecular flexibility index (Phi) is 5.20. The summed E-state index contributed by atoms with van der Waals surface area (Å²) >= 11 is 0. The van der Waals surface area contributed by atoms with E-state index < -0.39 is 0 Å². The zero-order chi connectivity index (χ0) is 13.9. The van der Waals surface area contributed by atoms with Crippen LogP contribution in [0.4, 0.5) is 0 Å². The lowest BCUT2D eigenvalue weighted by atomic mass is 9.88. The summed E-state index contributed by atoms with van der Waals surface area (Å²) < 4.78 is 2.42. The second-order valence-corrected chi connectivity index (χ2v) is 7.10. The van der Waals surface area contributed by atoms with Crippen molar-refractivity contribution in [3.63, 3.8) is 0 Å². The summed E-state index contributed by atoms with van der Waals surface area (Å²) in [7, 11) is 0. The molecule has 0 bridgehead atoms. The molecule has 1 rings (SSSR count). The number of aliphatic hydroxyl groups is 1. The quantitative estimate of drug-likeness (QED) is 0.762. The Morgan fingerprint density at radius 2 is 1.89 bits per heavy atom. The van der Waals surface area contributed by atoms with E-state index in [1.165, 1.54) is 0 Å². The summed E-state index contributed by atoms with van der Waals surface area (Å²) in [6.45, 7) is 15.9. The van der Waals surface area contributed by atoms with Crippen LogP contribution in [0.25, 0.3) is 0 Å². The van der Waals surface area contributed by atoms with E-state index >= 15 is 0 Å². The average molecular weight is 255 g/mol. The van der Waals surface area contributed by atoms with Crippen LogP contribution in [0.1, 0.15) is 48.0 Å². The minimum atomic E-state index is 0.256. The largest absolute Gasteiger partial charge is 0.392 e. The van der Waals surface area contributed by atoms with E-state index in [1.807, 2.05) is 0 Å². The second-order valence-electron chi connectivity index (χ2n) is 7.10. The monoisotopic (exact) mass is 255 g/mol. The number of hydrogen-bond donors (Lipinski definition) is 1. The fourth-order valence-electron chi connectivity index (χ4n) is 2.46. The summed E-state index contributed by atoms with van der Waals surface area (Å²) in [6.07, 6.45) is 3.30. The molecule has 0 amide bonds. The third-order valence-corrected chi connectivity index (χ3v) is 4.09. The first kappa shape index (κ1) is 15.5. The fourth-order valence-corrected chi connectivity index (χ4v) is 2.46. The lowest BCUT2D eigenvalue weighted by Crippen LogP contribution is -2.37. The maximum absolute atomic E-state index is 9.54. The van der Waals surface area contributed by atoms with E-state index in [0.29, 0.717) is 17.4 Å². The van der Waals surface area contributed by atoms with Gasteiger partial charge in [0.1, 0.15) is 19.1 Å². The molecule has 1 aliphatic rings. The molecule has 3 heteroatoms. The Balaban J connectivity index is 2.69. The molecule has 0 aromatic rings. The maximum atomic E-state index is 9.54. The van der Waals surface area contributed by atoms with Gasteiger partial charge in [0.05, 0.1) is 12.6 Å². The predicted octanol–water partition coefficient (Wildman–Crippen LogP) is 2.18. The van der Waals surface area contributed by atoms with Crippen LogP contribution >= 0.6 is 0 Å². The zero-order valence-electron chi connectivity index (χ0n) is 13.0. The van der Waals surface area contributed by atoms with Crippen molar-refractivity contribution in [2.75, 3.05) is 19.7 Å². The molecule has 1 heterocycles. The number of hydrogen-bond acceptors (Lipinski definition) is 2. The van der Waals surface area contributed by atoms with Crippen LogP contribution in [-0.4, -0.2) is 52.7 Å². The van der Waals surface area contributed by atoms with Crippen LogP contribution in [0, 0.1) is 11.3 Å². The third-order valence-electron chi connectivity index (χ3n) is 4.09. The van der Waals surface area contributed by atoms with Crippen LogP contribution in [-0.2, 0) is 0 Å². The van der Waals surface area contributed by atoms with Crippen molar-refractivity contribution in [2.24, 2.45) is 11.3 Å². The highest BCUT2D eigenvalue weighted by atomic mass is 16.3. The predicted molar refractivity (Wildman–Crippen MR) is 77.1 cm³/mol. The molecule has 0 aromatic carbocycles. The minimum absolute atomic E-state index is 0.256. The molecule has 0 saturated carbocycles. The summed E-state index contributed by atoms with van der Waals surface area (Å²) in [5.74, 6) is 0.629. The molecule has 0 aromatic heterocycles. The van der Waals surface area contributed by atoms with Gasteiger partial charge >= 0.3 is 0 Å². The topological polar surface area (TPSA) is 26.5 Å². The first-order valence-electron chi connectivity index (χ1n) is 7.23. The Morgan fingerprint density at radius 3 is 2.33 bits per heavy atom. The molecular formula is C15H31N2O+. The smallest absolute Gasteiger partial charge is 0.234 e. The highest BCUT2D eigenvalue weighted by molar-refractivity contribution is 5.51. The first-order valence-corrected chi connectivity index (χ1v) is 7.23. The van der Waals surface area contributed by atoms with E-state index in [9.17, 15) is 5.11 Å². The molecular weight excluding hydrogens is 224 g/mol. The van der Waals surface area contributed by atoms with Crippen LogP contribution in [0.15, 0.2) is 0 Å². The van der Waals surface area contributed by atoms with Gasteiger partial charge < -0.3 is 5.11 Å². The van der Waals surface area contributed by atoms with Gasteiger partial charge in [0, 0.05) is 5.41 Å². The molecule has 0 aliphatic carbocycles. The van der Waals surface area contributed by atoms with Crippen molar-refractivity contribution in [2.45, 2.75) is 60.0 Å². The van der Waals surface area contributed by atoms with Crippen LogP contribution in [0.3, 0.4) is 0 Å². The Morgan fingerprint density at radius 1 is 1.28 bits per heavy atom. The molecule has 18 heavy (non-hydrogen) atoms. The fraction of sp³-hybridized carbons (Fsp3) is 0.933. The van der Waals surface area contributed by atoms with Crippen molar-refractivity contribution >= 4 is 6.34 Å². The molecule has 0 unspecified atom stereocenters.